The molecule has 1 aliphatic rings. The van der Waals surface area contributed by atoms with Crippen LogP contribution in [-0.2, 0) is 4.79 Å². The molecule has 6 heteroatoms. The van der Waals surface area contributed by atoms with Gasteiger partial charge >= 0.3 is 0 Å². The molecule has 1 N–H and O–H groups in total. The molecule has 2 amide bonds. The van der Waals surface area contributed by atoms with Crippen molar-refractivity contribution >= 4 is 50.6 Å². The van der Waals surface area contributed by atoms with E-state index in [1.165, 1.54) is 4.90 Å². The number of anilines is 1. The zero-order valence-electron chi connectivity index (χ0n) is 13.9. The van der Waals surface area contributed by atoms with Crippen LogP contribution in [-0.4, -0.2) is 22.7 Å². The minimum atomic E-state index is -0.271. The number of benzene rings is 2. The highest BCUT2D eigenvalue weighted by molar-refractivity contribution is 9.10. The Hall–Kier alpha value is -2.05. The first-order valence-corrected chi connectivity index (χ1v) is 9.37. The molecule has 1 fully saturated rings. The zero-order valence-corrected chi connectivity index (χ0v) is 16.3. The molecule has 0 aromatic heterocycles. The van der Waals surface area contributed by atoms with Gasteiger partial charge in [0, 0.05) is 10.2 Å². The fourth-order valence-corrected chi connectivity index (χ4v) is 3.73. The third-order valence-corrected chi connectivity index (χ3v) is 5.24. The normalized spacial score (nSPS) is 16.0. The van der Waals surface area contributed by atoms with Gasteiger partial charge in [-0.2, -0.15) is 0 Å². The Morgan fingerprint density at radius 2 is 1.96 bits per heavy atom. The molecule has 0 spiro atoms. The summed E-state index contributed by atoms with van der Waals surface area (Å²) in [6.45, 7) is 4.15. The lowest BCUT2D eigenvalue weighted by Crippen LogP contribution is -2.33. The molecule has 1 saturated heterocycles. The van der Waals surface area contributed by atoms with Gasteiger partial charge in [0.25, 0.3) is 11.1 Å². The van der Waals surface area contributed by atoms with Crippen LogP contribution in [0.15, 0.2) is 51.8 Å². The van der Waals surface area contributed by atoms with E-state index < -0.39 is 0 Å². The first kappa shape index (κ1) is 17.8. The van der Waals surface area contributed by atoms with Gasteiger partial charge in [0.1, 0.15) is 0 Å². The minimum absolute atomic E-state index is 0.158. The van der Waals surface area contributed by atoms with Crippen molar-refractivity contribution in [3.05, 3.63) is 68.5 Å². The van der Waals surface area contributed by atoms with Crippen LogP contribution in [0.2, 0.25) is 0 Å². The largest absolute Gasteiger partial charge is 0.367 e. The van der Waals surface area contributed by atoms with E-state index in [9.17, 15) is 9.59 Å². The molecule has 4 nitrogen and oxygen atoms in total. The number of rotatable bonds is 4. The number of nitrogens with one attached hydrogen (secondary N) is 1. The van der Waals surface area contributed by atoms with Gasteiger partial charge in [0.2, 0.25) is 0 Å². The molecule has 25 heavy (non-hydrogen) atoms. The van der Waals surface area contributed by atoms with Gasteiger partial charge in [-0.15, -0.1) is 0 Å². The van der Waals surface area contributed by atoms with E-state index in [1.807, 2.05) is 56.3 Å². The second-order valence-corrected chi connectivity index (χ2v) is 7.73. The molecule has 1 aliphatic heterocycles. The van der Waals surface area contributed by atoms with Crippen LogP contribution in [0.1, 0.15) is 16.7 Å². The van der Waals surface area contributed by atoms with E-state index in [-0.39, 0.29) is 17.8 Å². The predicted molar refractivity (Wildman–Crippen MR) is 106 cm³/mol. The van der Waals surface area contributed by atoms with Crippen molar-refractivity contribution in [2.75, 3.05) is 12.0 Å². The maximum atomic E-state index is 12.5. The molecule has 0 atom stereocenters. The molecule has 0 aliphatic carbocycles. The summed E-state index contributed by atoms with van der Waals surface area (Å²) in [6, 6.07) is 13.7. The second-order valence-electron chi connectivity index (χ2n) is 5.82. The molecule has 1 heterocycles. The van der Waals surface area contributed by atoms with Gasteiger partial charge in [-0.25, -0.2) is 0 Å². The topological polar surface area (TPSA) is 49.4 Å². The Morgan fingerprint density at radius 1 is 1.16 bits per heavy atom. The number of amides is 2. The lowest BCUT2D eigenvalue weighted by molar-refractivity contribution is -0.122. The Labute approximate surface area is 159 Å². The van der Waals surface area contributed by atoms with Crippen LogP contribution < -0.4 is 5.32 Å². The summed E-state index contributed by atoms with van der Waals surface area (Å²) in [4.78, 5) is 26.4. The van der Waals surface area contributed by atoms with Crippen molar-refractivity contribution in [3.63, 3.8) is 0 Å². The Bertz CT molecular complexity index is 879. The van der Waals surface area contributed by atoms with Crippen molar-refractivity contribution in [3.8, 4) is 0 Å². The average molecular weight is 417 g/mol. The van der Waals surface area contributed by atoms with Gasteiger partial charge in [-0.05, 0) is 66.6 Å². The number of carbonyl (C=O) groups is 2. The van der Waals surface area contributed by atoms with Crippen molar-refractivity contribution in [2.24, 2.45) is 0 Å². The van der Waals surface area contributed by atoms with Crippen LogP contribution in [0.5, 0.6) is 0 Å². The Morgan fingerprint density at radius 3 is 2.72 bits per heavy atom. The maximum absolute atomic E-state index is 12.5. The lowest BCUT2D eigenvalue weighted by atomic mass is 10.1. The zero-order chi connectivity index (χ0) is 18.0. The quantitative estimate of drug-likeness (QED) is 0.698. The highest BCUT2D eigenvalue weighted by Gasteiger charge is 2.34. The molecular formula is C19H17BrN2O2S. The summed E-state index contributed by atoms with van der Waals surface area (Å²) < 4.78 is 0.928. The lowest BCUT2D eigenvalue weighted by Gasteiger charge is -2.16. The molecule has 0 bridgehead atoms. The summed E-state index contributed by atoms with van der Waals surface area (Å²) in [5, 5.41) is 2.93. The number of halogens is 1. The first-order valence-electron chi connectivity index (χ1n) is 7.76. The van der Waals surface area contributed by atoms with E-state index >= 15 is 0 Å². The SMILES string of the molecule is Cc1ccc(C)c(NCN2C(=O)SC(=Cc3cccc(Br)c3)C2=O)c1. The fourth-order valence-electron chi connectivity index (χ4n) is 2.47. The Kier molecular flexibility index (Phi) is 5.30. The number of hydrogen-bond acceptors (Lipinski definition) is 4. The fraction of sp³-hybridized carbons (Fsp3) is 0.158. The van der Waals surface area contributed by atoms with Crippen LogP contribution in [0.4, 0.5) is 10.5 Å². The third kappa shape index (κ3) is 4.14. The third-order valence-electron chi connectivity index (χ3n) is 3.84. The van der Waals surface area contributed by atoms with Crippen LogP contribution in [0.25, 0.3) is 6.08 Å². The van der Waals surface area contributed by atoms with Gasteiger partial charge in [0.05, 0.1) is 11.6 Å². The summed E-state index contributed by atoms with van der Waals surface area (Å²) in [6.07, 6.45) is 1.74. The van der Waals surface area contributed by atoms with Crippen molar-refractivity contribution in [1.29, 1.82) is 0 Å². The van der Waals surface area contributed by atoms with Crippen molar-refractivity contribution in [2.45, 2.75) is 13.8 Å². The molecule has 3 rings (SSSR count). The first-order chi connectivity index (χ1) is 11.9. The monoisotopic (exact) mass is 416 g/mol. The predicted octanol–water partition coefficient (Wildman–Crippen LogP) is 5.17. The summed E-state index contributed by atoms with van der Waals surface area (Å²) in [7, 11) is 0. The Balaban J connectivity index is 1.74. The molecule has 2 aromatic carbocycles. The van der Waals surface area contributed by atoms with Crippen molar-refractivity contribution < 1.29 is 9.59 Å². The summed E-state index contributed by atoms with van der Waals surface area (Å²) in [5.41, 5.74) is 4.00. The number of thioether (sulfide) groups is 1. The minimum Gasteiger partial charge on any atom is -0.367 e. The van der Waals surface area contributed by atoms with E-state index in [2.05, 4.69) is 21.2 Å². The van der Waals surface area contributed by atoms with E-state index in [0.29, 0.717) is 4.91 Å². The van der Waals surface area contributed by atoms with E-state index in [0.717, 1.165) is 38.6 Å². The molecule has 0 unspecified atom stereocenters. The summed E-state index contributed by atoms with van der Waals surface area (Å²) >= 11 is 4.37. The molecule has 0 saturated carbocycles. The van der Waals surface area contributed by atoms with Crippen LogP contribution in [0, 0.1) is 13.8 Å². The molecular weight excluding hydrogens is 400 g/mol. The van der Waals surface area contributed by atoms with Crippen LogP contribution in [0.3, 0.4) is 0 Å². The second kappa shape index (κ2) is 7.45. The van der Waals surface area contributed by atoms with E-state index in [4.69, 9.17) is 0 Å². The van der Waals surface area contributed by atoms with Crippen LogP contribution >= 0.6 is 27.7 Å². The molecule has 0 radical (unpaired) electrons. The standard InChI is InChI=1S/C19H17BrN2O2S/c1-12-6-7-13(2)16(8-12)21-11-22-18(23)17(25-19(22)24)10-14-4-3-5-15(20)9-14/h3-10,21H,11H2,1-2H3. The van der Waals surface area contributed by atoms with Gasteiger partial charge in [-0.1, -0.05) is 40.2 Å². The molecule has 128 valence electrons. The summed E-state index contributed by atoms with van der Waals surface area (Å²) in [5.74, 6) is -0.271. The van der Waals surface area contributed by atoms with Crippen molar-refractivity contribution in [1.82, 2.24) is 4.90 Å². The highest BCUT2D eigenvalue weighted by Crippen LogP contribution is 2.32. The number of hydrogen-bond donors (Lipinski definition) is 1. The van der Waals surface area contributed by atoms with Gasteiger partial charge < -0.3 is 5.32 Å². The maximum Gasteiger partial charge on any atom is 0.295 e. The molecule has 2 aromatic rings. The van der Waals surface area contributed by atoms with Gasteiger partial charge in [-0.3, -0.25) is 14.5 Å². The highest BCUT2D eigenvalue weighted by atomic mass is 79.9. The number of carbonyl (C=O) groups excluding carboxylic acids is 2. The smallest absolute Gasteiger partial charge is 0.295 e. The van der Waals surface area contributed by atoms with Gasteiger partial charge in [0.15, 0.2) is 0 Å². The average Bonchev–Trinajstić information content (AvgIpc) is 2.82. The number of aryl methyl sites for hydroxylation is 2. The number of imide groups is 1. The van der Waals surface area contributed by atoms with E-state index in [1.54, 1.807) is 6.08 Å². The number of nitrogens with zero attached hydrogens (tertiary/aromatic N) is 1.